The molecule has 1 aliphatic rings. The molecule has 0 aliphatic carbocycles. The maximum Gasteiger partial charge on any atom is 0.221 e. The van der Waals surface area contributed by atoms with E-state index in [-0.39, 0.29) is 24.4 Å². The third-order valence-corrected chi connectivity index (χ3v) is 5.69. The second-order valence-corrected chi connectivity index (χ2v) is 7.75. The van der Waals surface area contributed by atoms with Crippen LogP contribution < -0.4 is 15.4 Å². The van der Waals surface area contributed by atoms with Crippen molar-refractivity contribution >= 4 is 41.7 Å². The van der Waals surface area contributed by atoms with Gasteiger partial charge in [-0.25, -0.2) is 0 Å². The Hall–Kier alpha value is -1.40. The van der Waals surface area contributed by atoms with E-state index in [1.165, 1.54) is 0 Å². The molecule has 4 nitrogen and oxygen atoms in total. The molecule has 27 heavy (non-hydrogen) atoms. The molecule has 1 amide bonds. The molecule has 0 saturated carbocycles. The van der Waals surface area contributed by atoms with Gasteiger partial charge in [-0.1, -0.05) is 48.0 Å². The standard InChI is InChI=1S/C20H23ClN2O2S.ClH/c21-18-7-3-4-8-19(18)25-13-16-6-2-1-5-15(16)12-23-20(24)11-17-14-26-10-9-22-17;/h1-8,17,22H,9-14H2,(H,23,24);1H. The molecule has 2 N–H and O–H groups in total. The summed E-state index contributed by atoms with van der Waals surface area (Å²) in [6.07, 6.45) is 0.519. The van der Waals surface area contributed by atoms with Gasteiger partial charge in [-0.05, 0) is 23.3 Å². The summed E-state index contributed by atoms with van der Waals surface area (Å²) >= 11 is 8.03. The normalized spacial score (nSPS) is 16.3. The van der Waals surface area contributed by atoms with Crippen molar-refractivity contribution in [1.29, 1.82) is 0 Å². The largest absolute Gasteiger partial charge is 0.487 e. The number of carbonyl (C=O) groups excluding carboxylic acids is 1. The van der Waals surface area contributed by atoms with Gasteiger partial charge in [0.2, 0.25) is 5.91 Å². The smallest absolute Gasteiger partial charge is 0.221 e. The fourth-order valence-corrected chi connectivity index (χ4v) is 3.97. The van der Waals surface area contributed by atoms with Crippen LogP contribution in [0.5, 0.6) is 5.75 Å². The molecule has 1 saturated heterocycles. The summed E-state index contributed by atoms with van der Waals surface area (Å²) in [4.78, 5) is 12.2. The highest BCUT2D eigenvalue weighted by Crippen LogP contribution is 2.24. The summed E-state index contributed by atoms with van der Waals surface area (Å²) < 4.78 is 5.83. The first-order chi connectivity index (χ1) is 12.7. The van der Waals surface area contributed by atoms with Crippen LogP contribution in [0.1, 0.15) is 17.5 Å². The Morgan fingerprint density at radius 2 is 1.93 bits per heavy atom. The molecule has 0 bridgehead atoms. The fourth-order valence-electron chi connectivity index (χ4n) is 2.83. The number of thioether (sulfide) groups is 1. The van der Waals surface area contributed by atoms with Crippen LogP contribution in [0.15, 0.2) is 48.5 Å². The molecule has 1 aliphatic heterocycles. The van der Waals surface area contributed by atoms with E-state index in [4.69, 9.17) is 16.3 Å². The quantitative estimate of drug-likeness (QED) is 0.700. The molecule has 1 heterocycles. The van der Waals surface area contributed by atoms with E-state index in [0.29, 0.717) is 30.3 Å². The van der Waals surface area contributed by atoms with Crippen LogP contribution in [0, 0.1) is 0 Å². The predicted molar refractivity (Wildman–Crippen MR) is 115 cm³/mol. The zero-order valence-electron chi connectivity index (χ0n) is 14.9. The molecule has 0 radical (unpaired) electrons. The number of halogens is 2. The number of para-hydroxylation sites is 1. The Kier molecular flexibility index (Phi) is 9.28. The Morgan fingerprint density at radius 3 is 2.67 bits per heavy atom. The molecule has 1 unspecified atom stereocenters. The van der Waals surface area contributed by atoms with E-state index in [1.807, 2.05) is 54.2 Å². The van der Waals surface area contributed by atoms with Crippen molar-refractivity contribution in [3.05, 3.63) is 64.7 Å². The topological polar surface area (TPSA) is 50.4 Å². The summed E-state index contributed by atoms with van der Waals surface area (Å²) in [6, 6.07) is 15.7. The van der Waals surface area contributed by atoms with E-state index in [9.17, 15) is 4.79 Å². The number of hydrogen-bond acceptors (Lipinski definition) is 4. The number of amides is 1. The van der Waals surface area contributed by atoms with Gasteiger partial charge in [-0.3, -0.25) is 4.79 Å². The zero-order valence-corrected chi connectivity index (χ0v) is 17.3. The average molecular weight is 427 g/mol. The highest BCUT2D eigenvalue weighted by atomic mass is 35.5. The number of carbonyl (C=O) groups is 1. The SMILES string of the molecule is Cl.O=C(CC1CSCCN1)NCc1ccccc1COc1ccccc1Cl. The van der Waals surface area contributed by atoms with E-state index < -0.39 is 0 Å². The molecule has 3 rings (SSSR count). The molecule has 1 fully saturated rings. The summed E-state index contributed by atoms with van der Waals surface area (Å²) in [5.41, 5.74) is 2.10. The monoisotopic (exact) mass is 426 g/mol. The van der Waals surface area contributed by atoms with E-state index in [0.717, 1.165) is 29.2 Å². The fraction of sp³-hybridized carbons (Fsp3) is 0.350. The van der Waals surface area contributed by atoms with E-state index in [1.54, 1.807) is 6.07 Å². The van der Waals surface area contributed by atoms with Crippen LogP contribution in [-0.4, -0.2) is 30.0 Å². The van der Waals surface area contributed by atoms with Crippen molar-refractivity contribution in [3.8, 4) is 5.75 Å². The van der Waals surface area contributed by atoms with Gasteiger partial charge in [0.25, 0.3) is 0 Å². The van der Waals surface area contributed by atoms with Crippen LogP contribution in [0.4, 0.5) is 0 Å². The Balaban J connectivity index is 0.00000261. The van der Waals surface area contributed by atoms with Gasteiger partial charge in [0, 0.05) is 37.1 Å². The molecular weight excluding hydrogens is 403 g/mol. The number of hydrogen-bond donors (Lipinski definition) is 2. The average Bonchev–Trinajstić information content (AvgIpc) is 2.67. The molecule has 7 heteroatoms. The minimum atomic E-state index is 0. The van der Waals surface area contributed by atoms with E-state index in [2.05, 4.69) is 10.6 Å². The van der Waals surface area contributed by atoms with Crippen molar-refractivity contribution in [3.63, 3.8) is 0 Å². The first-order valence-electron chi connectivity index (χ1n) is 8.74. The van der Waals surface area contributed by atoms with Crippen molar-refractivity contribution in [2.75, 3.05) is 18.1 Å². The molecule has 2 aromatic rings. The maximum atomic E-state index is 12.2. The Labute approximate surface area is 175 Å². The first kappa shape index (κ1) is 21.9. The molecule has 146 valence electrons. The number of ether oxygens (including phenoxy) is 1. The molecule has 0 aromatic heterocycles. The predicted octanol–water partition coefficient (Wildman–Crippen LogP) is 4.05. The first-order valence-corrected chi connectivity index (χ1v) is 10.3. The third-order valence-electron chi connectivity index (χ3n) is 4.24. The molecular formula is C20H24Cl2N2O2S. The van der Waals surface area contributed by atoms with Gasteiger partial charge in [0.1, 0.15) is 12.4 Å². The Bertz CT molecular complexity index is 739. The second-order valence-electron chi connectivity index (χ2n) is 6.19. The van der Waals surface area contributed by atoms with Gasteiger partial charge in [0.15, 0.2) is 0 Å². The van der Waals surface area contributed by atoms with Gasteiger partial charge in [-0.15, -0.1) is 12.4 Å². The van der Waals surface area contributed by atoms with E-state index >= 15 is 0 Å². The van der Waals surface area contributed by atoms with Crippen molar-refractivity contribution < 1.29 is 9.53 Å². The lowest BCUT2D eigenvalue weighted by atomic mass is 10.1. The van der Waals surface area contributed by atoms with Gasteiger partial charge >= 0.3 is 0 Å². The number of benzene rings is 2. The summed E-state index contributed by atoms with van der Waals surface area (Å²) in [7, 11) is 0. The second kappa shape index (κ2) is 11.4. The number of rotatable bonds is 7. The minimum Gasteiger partial charge on any atom is -0.487 e. The van der Waals surface area contributed by atoms with Crippen molar-refractivity contribution in [1.82, 2.24) is 10.6 Å². The third kappa shape index (κ3) is 6.92. The molecule has 2 aromatic carbocycles. The Morgan fingerprint density at radius 1 is 1.19 bits per heavy atom. The summed E-state index contributed by atoms with van der Waals surface area (Å²) in [5, 5.41) is 7.01. The van der Waals surface area contributed by atoms with Crippen molar-refractivity contribution in [2.45, 2.75) is 25.6 Å². The summed E-state index contributed by atoms with van der Waals surface area (Å²) in [5.74, 6) is 2.85. The van der Waals surface area contributed by atoms with Crippen LogP contribution in [0.2, 0.25) is 5.02 Å². The highest BCUT2D eigenvalue weighted by molar-refractivity contribution is 7.99. The number of nitrogens with one attached hydrogen (secondary N) is 2. The van der Waals surface area contributed by atoms with Gasteiger partial charge in [-0.2, -0.15) is 11.8 Å². The van der Waals surface area contributed by atoms with Crippen LogP contribution in [0.3, 0.4) is 0 Å². The molecule has 0 spiro atoms. The molecule has 1 atom stereocenters. The van der Waals surface area contributed by atoms with Crippen molar-refractivity contribution in [2.24, 2.45) is 0 Å². The van der Waals surface area contributed by atoms with Crippen LogP contribution >= 0.6 is 35.8 Å². The van der Waals surface area contributed by atoms with Crippen LogP contribution in [0.25, 0.3) is 0 Å². The lowest BCUT2D eigenvalue weighted by Gasteiger charge is -2.22. The maximum absolute atomic E-state index is 12.2. The zero-order chi connectivity index (χ0) is 18.2. The lowest BCUT2D eigenvalue weighted by Crippen LogP contribution is -2.41. The van der Waals surface area contributed by atoms with Gasteiger partial charge < -0.3 is 15.4 Å². The lowest BCUT2D eigenvalue weighted by molar-refractivity contribution is -0.121. The highest BCUT2D eigenvalue weighted by Gasteiger charge is 2.16. The minimum absolute atomic E-state index is 0. The van der Waals surface area contributed by atoms with Gasteiger partial charge in [0.05, 0.1) is 5.02 Å². The summed E-state index contributed by atoms with van der Waals surface area (Å²) in [6.45, 7) is 1.89. The van der Waals surface area contributed by atoms with Crippen LogP contribution in [-0.2, 0) is 17.9 Å².